The normalized spacial score (nSPS) is 15.4. The number of nitrogens with zero attached hydrogens (tertiary/aromatic N) is 6. The van der Waals surface area contributed by atoms with Crippen LogP contribution in [0.2, 0.25) is 0 Å². The molecule has 1 fully saturated rings. The zero-order valence-electron chi connectivity index (χ0n) is 14.5. The molecule has 0 saturated carbocycles. The number of aryl methyl sites for hydroxylation is 1. The lowest BCUT2D eigenvalue weighted by molar-refractivity contribution is 0.239. The first-order chi connectivity index (χ1) is 12.7. The predicted molar refractivity (Wildman–Crippen MR) is 94.0 cm³/mol. The molecule has 1 saturated heterocycles. The molecular weight excluding hydrogens is 335 g/mol. The van der Waals surface area contributed by atoms with Crippen LogP contribution in [0, 0.1) is 12.7 Å². The molecule has 26 heavy (non-hydrogen) atoms. The van der Waals surface area contributed by atoms with Crippen LogP contribution in [-0.4, -0.2) is 51.2 Å². The molecule has 0 amide bonds. The topological polar surface area (TPSA) is 71.2 Å². The molecule has 0 bridgehead atoms. The fourth-order valence-corrected chi connectivity index (χ4v) is 3.10. The van der Waals surface area contributed by atoms with Crippen LogP contribution in [0.3, 0.4) is 0 Å². The summed E-state index contributed by atoms with van der Waals surface area (Å²) in [5, 5.41) is 3.92. The van der Waals surface area contributed by atoms with E-state index in [9.17, 15) is 4.39 Å². The Morgan fingerprint density at radius 2 is 1.85 bits per heavy atom. The third-order valence-corrected chi connectivity index (χ3v) is 4.42. The minimum Gasteiger partial charge on any atom is -0.352 e. The van der Waals surface area contributed by atoms with E-state index in [1.165, 1.54) is 6.33 Å². The van der Waals surface area contributed by atoms with E-state index in [4.69, 9.17) is 4.52 Å². The second-order valence-corrected chi connectivity index (χ2v) is 6.22. The zero-order valence-corrected chi connectivity index (χ0v) is 14.5. The largest absolute Gasteiger partial charge is 0.352 e. The highest BCUT2D eigenvalue weighted by atomic mass is 19.1. The van der Waals surface area contributed by atoms with Crippen LogP contribution in [0.1, 0.15) is 11.7 Å². The van der Waals surface area contributed by atoms with Gasteiger partial charge in [0.2, 0.25) is 5.89 Å². The molecule has 0 atom stereocenters. The van der Waals surface area contributed by atoms with Crippen LogP contribution in [-0.2, 0) is 6.54 Å². The van der Waals surface area contributed by atoms with E-state index >= 15 is 0 Å². The first-order valence-corrected chi connectivity index (χ1v) is 8.53. The fourth-order valence-electron chi connectivity index (χ4n) is 3.10. The quantitative estimate of drug-likeness (QED) is 0.712. The zero-order chi connectivity index (χ0) is 17.9. The Morgan fingerprint density at radius 1 is 1.08 bits per heavy atom. The number of hydrogen-bond donors (Lipinski definition) is 0. The molecule has 1 aliphatic heterocycles. The molecule has 0 N–H and O–H groups in total. The predicted octanol–water partition coefficient (Wildman–Crippen LogP) is 2.30. The lowest BCUT2D eigenvalue weighted by Crippen LogP contribution is -2.46. The summed E-state index contributed by atoms with van der Waals surface area (Å²) in [5.41, 5.74) is 1.08. The maximum Gasteiger partial charge on any atom is 0.223 e. The minimum atomic E-state index is -0.374. The van der Waals surface area contributed by atoms with Gasteiger partial charge in [0.15, 0.2) is 17.5 Å². The van der Waals surface area contributed by atoms with Gasteiger partial charge in [0.25, 0.3) is 0 Å². The summed E-state index contributed by atoms with van der Waals surface area (Å²) < 4.78 is 20.0. The van der Waals surface area contributed by atoms with Crippen LogP contribution in [0.15, 0.2) is 41.2 Å². The molecular formula is C18H19FN6O. The SMILES string of the molecule is Cc1nc(CN2CCN(c3ncnc(-c4ccccc4)c3F)CC2)no1. The molecule has 1 aliphatic rings. The summed E-state index contributed by atoms with van der Waals surface area (Å²) >= 11 is 0. The van der Waals surface area contributed by atoms with Gasteiger partial charge >= 0.3 is 0 Å². The van der Waals surface area contributed by atoms with Gasteiger partial charge in [-0.2, -0.15) is 4.98 Å². The Labute approximate surface area is 150 Å². The van der Waals surface area contributed by atoms with Gasteiger partial charge in [-0.05, 0) is 0 Å². The molecule has 3 aromatic rings. The van der Waals surface area contributed by atoms with E-state index in [1.807, 2.05) is 35.2 Å². The fraction of sp³-hybridized carbons (Fsp3) is 0.333. The van der Waals surface area contributed by atoms with Crippen molar-refractivity contribution in [2.75, 3.05) is 31.1 Å². The molecule has 1 aromatic carbocycles. The lowest BCUT2D eigenvalue weighted by Gasteiger charge is -2.34. The number of piperazine rings is 1. The Bertz CT molecular complexity index is 876. The van der Waals surface area contributed by atoms with Crippen molar-refractivity contribution in [3.8, 4) is 11.3 Å². The standard InChI is InChI=1S/C18H19FN6O/c1-13-22-15(23-26-13)11-24-7-9-25(10-8-24)18-16(19)17(20-12-21-18)14-5-3-2-4-6-14/h2-6,12H,7-11H2,1H3. The van der Waals surface area contributed by atoms with E-state index in [-0.39, 0.29) is 5.82 Å². The van der Waals surface area contributed by atoms with Crippen LogP contribution in [0.25, 0.3) is 11.3 Å². The monoisotopic (exact) mass is 354 g/mol. The lowest BCUT2D eigenvalue weighted by atomic mass is 10.1. The van der Waals surface area contributed by atoms with E-state index in [0.29, 0.717) is 42.9 Å². The number of halogens is 1. The van der Waals surface area contributed by atoms with Crippen molar-refractivity contribution in [3.05, 3.63) is 54.2 Å². The molecule has 0 radical (unpaired) electrons. The molecule has 0 unspecified atom stereocenters. The molecule has 0 spiro atoms. The second-order valence-electron chi connectivity index (χ2n) is 6.22. The van der Waals surface area contributed by atoms with Gasteiger partial charge in [0, 0.05) is 38.7 Å². The van der Waals surface area contributed by atoms with Gasteiger partial charge in [-0.25, -0.2) is 14.4 Å². The first-order valence-electron chi connectivity index (χ1n) is 8.53. The number of hydrogen-bond acceptors (Lipinski definition) is 7. The van der Waals surface area contributed by atoms with E-state index in [1.54, 1.807) is 6.92 Å². The highest BCUT2D eigenvalue weighted by Gasteiger charge is 2.23. The molecule has 3 heterocycles. The first kappa shape index (κ1) is 16.6. The number of benzene rings is 1. The third-order valence-electron chi connectivity index (χ3n) is 4.42. The van der Waals surface area contributed by atoms with Crippen LogP contribution < -0.4 is 4.90 Å². The van der Waals surface area contributed by atoms with Crippen LogP contribution >= 0.6 is 0 Å². The van der Waals surface area contributed by atoms with Crippen molar-refractivity contribution >= 4 is 5.82 Å². The average molecular weight is 354 g/mol. The van der Waals surface area contributed by atoms with E-state index in [0.717, 1.165) is 18.7 Å². The minimum absolute atomic E-state index is 0.334. The summed E-state index contributed by atoms with van der Waals surface area (Å²) in [6, 6.07) is 9.33. The van der Waals surface area contributed by atoms with Gasteiger partial charge in [0.05, 0.1) is 6.54 Å². The van der Waals surface area contributed by atoms with Gasteiger partial charge in [-0.15, -0.1) is 0 Å². The van der Waals surface area contributed by atoms with Crippen LogP contribution in [0.5, 0.6) is 0 Å². The summed E-state index contributed by atoms with van der Waals surface area (Å²) in [4.78, 5) is 16.7. The highest BCUT2D eigenvalue weighted by Crippen LogP contribution is 2.26. The molecule has 134 valence electrons. The van der Waals surface area contributed by atoms with Crippen molar-refractivity contribution in [2.45, 2.75) is 13.5 Å². The Kier molecular flexibility index (Phi) is 4.57. The molecule has 8 heteroatoms. The molecule has 2 aromatic heterocycles. The summed E-state index contributed by atoms with van der Waals surface area (Å²) in [6.45, 7) is 5.32. The van der Waals surface area contributed by atoms with Crippen molar-refractivity contribution in [2.24, 2.45) is 0 Å². The molecule has 0 aliphatic carbocycles. The Hall–Kier alpha value is -2.87. The number of aromatic nitrogens is 4. The van der Waals surface area contributed by atoms with Crippen molar-refractivity contribution in [1.82, 2.24) is 25.0 Å². The van der Waals surface area contributed by atoms with E-state index in [2.05, 4.69) is 25.0 Å². The molecule has 4 rings (SSSR count). The van der Waals surface area contributed by atoms with Crippen molar-refractivity contribution in [1.29, 1.82) is 0 Å². The van der Waals surface area contributed by atoms with Gasteiger partial charge < -0.3 is 9.42 Å². The van der Waals surface area contributed by atoms with Crippen LogP contribution in [0.4, 0.5) is 10.2 Å². The smallest absolute Gasteiger partial charge is 0.223 e. The van der Waals surface area contributed by atoms with Gasteiger partial charge in [-0.3, -0.25) is 4.90 Å². The van der Waals surface area contributed by atoms with Gasteiger partial charge in [-0.1, -0.05) is 35.5 Å². The highest BCUT2D eigenvalue weighted by molar-refractivity contribution is 5.63. The number of rotatable bonds is 4. The maximum absolute atomic E-state index is 15.0. The Morgan fingerprint density at radius 3 is 2.54 bits per heavy atom. The summed E-state index contributed by atoms with van der Waals surface area (Å²) in [7, 11) is 0. The third kappa shape index (κ3) is 3.41. The summed E-state index contributed by atoms with van der Waals surface area (Å²) in [5.74, 6) is 1.22. The summed E-state index contributed by atoms with van der Waals surface area (Å²) in [6.07, 6.45) is 1.43. The average Bonchev–Trinajstić information content (AvgIpc) is 3.08. The molecule has 7 nitrogen and oxygen atoms in total. The number of anilines is 1. The second kappa shape index (κ2) is 7.17. The maximum atomic E-state index is 15.0. The van der Waals surface area contributed by atoms with E-state index < -0.39 is 0 Å². The van der Waals surface area contributed by atoms with Crippen molar-refractivity contribution < 1.29 is 8.91 Å². The van der Waals surface area contributed by atoms with Gasteiger partial charge in [0.1, 0.15) is 12.0 Å². The Balaban J connectivity index is 1.46. The van der Waals surface area contributed by atoms with Crippen molar-refractivity contribution in [3.63, 3.8) is 0 Å².